The van der Waals surface area contributed by atoms with Crippen LogP contribution in [0, 0.1) is 5.41 Å². The van der Waals surface area contributed by atoms with E-state index in [9.17, 15) is 14.7 Å². The summed E-state index contributed by atoms with van der Waals surface area (Å²) in [6.07, 6.45) is 2.27. The van der Waals surface area contributed by atoms with Crippen LogP contribution in [-0.4, -0.2) is 34.9 Å². The second-order valence-corrected chi connectivity index (χ2v) is 7.35. The Kier molecular flexibility index (Phi) is 5.29. The van der Waals surface area contributed by atoms with Gasteiger partial charge in [-0.1, -0.05) is 32.9 Å². The number of rotatable bonds is 4. The lowest BCUT2D eigenvalue weighted by Crippen LogP contribution is -2.40. The van der Waals surface area contributed by atoms with Crippen LogP contribution < -0.4 is 5.32 Å². The molecule has 5 nitrogen and oxygen atoms in total. The molecule has 1 heterocycles. The first kappa shape index (κ1) is 17.3. The Hall–Kier alpha value is -2.04. The minimum Gasteiger partial charge on any atom is -0.508 e. The maximum absolute atomic E-state index is 12.4. The van der Waals surface area contributed by atoms with Crippen molar-refractivity contribution < 1.29 is 14.7 Å². The van der Waals surface area contributed by atoms with E-state index in [2.05, 4.69) is 5.32 Å². The van der Waals surface area contributed by atoms with E-state index in [0.29, 0.717) is 13.0 Å². The van der Waals surface area contributed by atoms with Crippen molar-refractivity contribution in [3.63, 3.8) is 0 Å². The summed E-state index contributed by atoms with van der Waals surface area (Å²) in [5.74, 6) is 0.0770. The molecule has 2 rings (SSSR count). The molecule has 1 aliphatic heterocycles. The molecule has 1 aromatic carbocycles. The fourth-order valence-corrected chi connectivity index (χ4v) is 2.93. The predicted octanol–water partition coefficient (Wildman–Crippen LogP) is 2.61. The second kappa shape index (κ2) is 7.02. The first-order valence-corrected chi connectivity index (χ1v) is 8.11. The Morgan fingerprint density at radius 3 is 2.52 bits per heavy atom. The van der Waals surface area contributed by atoms with Crippen LogP contribution in [0.2, 0.25) is 0 Å². The SMILES string of the molecule is CC(C)(C)CC(=O)NCC(=O)N1CCC[C@@H]1c1ccc(O)cc1. The zero-order chi connectivity index (χ0) is 17.0. The minimum absolute atomic E-state index is 0.0302. The summed E-state index contributed by atoms with van der Waals surface area (Å²) < 4.78 is 0. The molecule has 0 unspecified atom stereocenters. The molecular weight excluding hydrogens is 292 g/mol. The Morgan fingerprint density at radius 1 is 1.26 bits per heavy atom. The summed E-state index contributed by atoms with van der Waals surface area (Å²) in [5, 5.41) is 12.1. The highest BCUT2D eigenvalue weighted by Gasteiger charge is 2.30. The molecule has 1 fully saturated rings. The van der Waals surface area contributed by atoms with E-state index in [1.54, 1.807) is 12.1 Å². The van der Waals surface area contributed by atoms with Crippen LogP contribution >= 0.6 is 0 Å². The quantitative estimate of drug-likeness (QED) is 0.896. The van der Waals surface area contributed by atoms with E-state index in [-0.39, 0.29) is 35.6 Å². The summed E-state index contributed by atoms with van der Waals surface area (Å²) >= 11 is 0. The lowest BCUT2D eigenvalue weighted by Gasteiger charge is -2.25. The van der Waals surface area contributed by atoms with Gasteiger partial charge in [0.15, 0.2) is 0 Å². The summed E-state index contributed by atoms with van der Waals surface area (Å²) in [6, 6.07) is 7.01. The van der Waals surface area contributed by atoms with E-state index < -0.39 is 0 Å². The zero-order valence-electron chi connectivity index (χ0n) is 14.1. The highest BCUT2D eigenvalue weighted by molar-refractivity contribution is 5.85. The van der Waals surface area contributed by atoms with E-state index in [4.69, 9.17) is 0 Å². The fraction of sp³-hybridized carbons (Fsp3) is 0.556. The van der Waals surface area contributed by atoms with E-state index in [0.717, 1.165) is 18.4 Å². The molecule has 1 aromatic rings. The summed E-state index contributed by atoms with van der Waals surface area (Å²) in [5.41, 5.74) is 0.935. The molecule has 2 N–H and O–H groups in total. The average Bonchev–Trinajstić information content (AvgIpc) is 2.93. The number of phenolic OH excluding ortho intramolecular Hbond substituents is 1. The third-order valence-corrected chi connectivity index (χ3v) is 3.98. The number of amides is 2. The van der Waals surface area contributed by atoms with Gasteiger partial charge >= 0.3 is 0 Å². The number of carbonyl (C=O) groups excluding carboxylic acids is 2. The number of phenols is 1. The lowest BCUT2D eigenvalue weighted by molar-refractivity contribution is -0.134. The van der Waals surface area contributed by atoms with Crippen LogP contribution in [0.25, 0.3) is 0 Å². The highest BCUT2D eigenvalue weighted by Crippen LogP contribution is 2.32. The first-order chi connectivity index (χ1) is 10.8. The smallest absolute Gasteiger partial charge is 0.242 e. The largest absolute Gasteiger partial charge is 0.508 e. The molecule has 2 amide bonds. The van der Waals surface area contributed by atoms with Gasteiger partial charge in [0.2, 0.25) is 11.8 Å². The number of aromatic hydroxyl groups is 1. The molecule has 1 aliphatic rings. The van der Waals surface area contributed by atoms with Gasteiger partial charge in [-0.25, -0.2) is 0 Å². The highest BCUT2D eigenvalue weighted by atomic mass is 16.3. The number of nitrogens with zero attached hydrogens (tertiary/aromatic N) is 1. The van der Waals surface area contributed by atoms with Crippen LogP contribution in [0.15, 0.2) is 24.3 Å². The van der Waals surface area contributed by atoms with Gasteiger partial charge in [-0.3, -0.25) is 9.59 Å². The van der Waals surface area contributed by atoms with Crippen molar-refractivity contribution in [2.24, 2.45) is 5.41 Å². The number of carbonyl (C=O) groups is 2. The Labute approximate surface area is 137 Å². The van der Waals surface area contributed by atoms with Gasteiger partial charge in [-0.2, -0.15) is 0 Å². The van der Waals surface area contributed by atoms with Gasteiger partial charge in [-0.05, 0) is 36.0 Å². The Morgan fingerprint density at radius 2 is 1.91 bits per heavy atom. The summed E-state index contributed by atoms with van der Waals surface area (Å²) in [6.45, 7) is 6.74. The standard InChI is InChI=1S/C18H26N2O3/c1-18(2,3)11-16(22)19-12-17(23)20-10-4-5-15(20)13-6-8-14(21)9-7-13/h6-9,15,21H,4-5,10-12H2,1-3H3,(H,19,22)/t15-/m1/s1. The van der Waals surface area contributed by atoms with Crippen LogP contribution in [0.1, 0.15) is 51.6 Å². The van der Waals surface area contributed by atoms with Gasteiger partial charge in [0.1, 0.15) is 5.75 Å². The van der Waals surface area contributed by atoms with Crippen LogP contribution in [0.3, 0.4) is 0 Å². The number of nitrogens with one attached hydrogen (secondary N) is 1. The monoisotopic (exact) mass is 318 g/mol. The van der Waals surface area contributed by atoms with E-state index in [1.807, 2.05) is 37.8 Å². The average molecular weight is 318 g/mol. The van der Waals surface area contributed by atoms with Gasteiger partial charge < -0.3 is 15.3 Å². The number of benzene rings is 1. The van der Waals surface area contributed by atoms with Crippen LogP contribution in [0.4, 0.5) is 0 Å². The Bertz CT molecular complexity index is 561. The van der Waals surface area contributed by atoms with Crippen LogP contribution in [0.5, 0.6) is 5.75 Å². The number of hydrogen-bond donors (Lipinski definition) is 2. The van der Waals surface area contributed by atoms with Crippen molar-refractivity contribution in [2.75, 3.05) is 13.1 Å². The molecule has 0 radical (unpaired) electrons. The van der Waals surface area contributed by atoms with E-state index in [1.165, 1.54) is 0 Å². The van der Waals surface area contributed by atoms with Crippen molar-refractivity contribution >= 4 is 11.8 Å². The van der Waals surface area contributed by atoms with Crippen molar-refractivity contribution in [2.45, 2.75) is 46.1 Å². The molecule has 1 atom stereocenters. The molecule has 0 aliphatic carbocycles. The van der Waals surface area contributed by atoms with Crippen molar-refractivity contribution in [1.82, 2.24) is 10.2 Å². The summed E-state index contributed by atoms with van der Waals surface area (Å²) in [4.78, 5) is 26.1. The summed E-state index contributed by atoms with van der Waals surface area (Å²) in [7, 11) is 0. The normalized spacial score (nSPS) is 18.0. The van der Waals surface area contributed by atoms with Crippen LogP contribution in [-0.2, 0) is 9.59 Å². The molecule has 1 saturated heterocycles. The maximum atomic E-state index is 12.4. The second-order valence-electron chi connectivity index (χ2n) is 7.35. The van der Waals surface area contributed by atoms with Gasteiger partial charge in [0.05, 0.1) is 12.6 Å². The molecule has 126 valence electrons. The molecule has 0 aromatic heterocycles. The Balaban J connectivity index is 1.93. The minimum atomic E-state index is -0.0915. The molecule has 0 bridgehead atoms. The molecule has 5 heteroatoms. The zero-order valence-corrected chi connectivity index (χ0v) is 14.1. The third-order valence-electron chi connectivity index (χ3n) is 3.98. The van der Waals surface area contributed by atoms with Crippen molar-refractivity contribution in [3.05, 3.63) is 29.8 Å². The van der Waals surface area contributed by atoms with E-state index >= 15 is 0 Å². The molecule has 23 heavy (non-hydrogen) atoms. The van der Waals surface area contributed by atoms with Gasteiger partial charge in [0.25, 0.3) is 0 Å². The number of likely N-dealkylation sites (tertiary alicyclic amines) is 1. The topological polar surface area (TPSA) is 69.6 Å². The van der Waals surface area contributed by atoms with Gasteiger partial charge in [-0.15, -0.1) is 0 Å². The molecule has 0 saturated carbocycles. The fourth-order valence-electron chi connectivity index (χ4n) is 2.93. The number of hydrogen-bond acceptors (Lipinski definition) is 3. The molecular formula is C18H26N2O3. The third kappa shape index (κ3) is 4.98. The maximum Gasteiger partial charge on any atom is 0.242 e. The van der Waals surface area contributed by atoms with Crippen molar-refractivity contribution in [3.8, 4) is 5.75 Å². The lowest BCUT2D eigenvalue weighted by atomic mass is 9.92. The predicted molar refractivity (Wildman–Crippen MR) is 88.9 cm³/mol. The van der Waals surface area contributed by atoms with Crippen molar-refractivity contribution in [1.29, 1.82) is 0 Å². The molecule has 0 spiro atoms. The van der Waals surface area contributed by atoms with Gasteiger partial charge in [0, 0.05) is 13.0 Å². The first-order valence-electron chi connectivity index (χ1n) is 8.11.